The molecule has 6 aromatic heterocycles. The molecule has 0 saturated carbocycles. The van der Waals surface area contributed by atoms with E-state index in [9.17, 15) is 4.39 Å². The van der Waals surface area contributed by atoms with Crippen LogP contribution in [0.15, 0.2) is 85.3 Å². The smallest absolute Gasteiger partial charge is 0.138 e. The summed E-state index contributed by atoms with van der Waals surface area (Å²) in [5.74, 6) is 6.47. The molecular weight excluding hydrogens is 1030 g/mol. The predicted octanol–water partition coefficient (Wildman–Crippen LogP) is 4.79. The summed E-state index contributed by atoms with van der Waals surface area (Å²) in [6.45, 7) is 5.24. The summed E-state index contributed by atoms with van der Waals surface area (Å²) in [6, 6.07) is 22.0. The quantitative estimate of drug-likeness (QED) is 0.0921. The van der Waals surface area contributed by atoms with Crippen LogP contribution in [0.3, 0.4) is 0 Å². The number of pyridine rings is 3. The number of benzene rings is 1. The van der Waals surface area contributed by atoms with E-state index in [1.807, 2.05) is 94.9 Å². The second-order valence-electron chi connectivity index (χ2n) is 13.2. The minimum Gasteiger partial charge on any atom is -1.00 e. The summed E-state index contributed by atoms with van der Waals surface area (Å²) < 4.78 is 16.5. The number of rotatable bonds is 7. The molecule has 1 aromatic carbocycles. The number of hydrogen-bond donors (Lipinski definition) is 3. The first-order chi connectivity index (χ1) is 25.9. The topological polar surface area (TPSA) is 98.8 Å². The molecule has 14 heteroatoms. The highest BCUT2D eigenvalue weighted by molar-refractivity contribution is 14.1. The number of H-pyrrole nitrogens is 3. The lowest BCUT2D eigenvalue weighted by molar-refractivity contribution is -0.454. The van der Waals surface area contributed by atoms with Crippen LogP contribution >= 0.6 is 45.2 Å². The number of nitrogens with zero attached hydrogens (tertiary/aromatic N) is 7. The fraction of sp³-hybridized carbons (Fsp3) is 0.268. The van der Waals surface area contributed by atoms with Crippen molar-refractivity contribution < 1.29 is 32.9 Å². The molecule has 0 spiro atoms. The van der Waals surface area contributed by atoms with Gasteiger partial charge in [0.2, 0.25) is 0 Å². The molecule has 0 fully saturated rings. The van der Waals surface area contributed by atoms with Crippen molar-refractivity contribution in [3.05, 3.63) is 115 Å². The van der Waals surface area contributed by atoms with Crippen LogP contribution in [-0.4, -0.2) is 114 Å². The minimum atomic E-state index is -0.360. The first kappa shape index (κ1) is 45.7. The molecule has 3 N–H and O–H groups in total. The number of nitrogens with one attached hydrogen (secondary N) is 3. The van der Waals surface area contributed by atoms with Crippen molar-refractivity contribution in [1.82, 2.24) is 39.7 Å². The van der Waals surface area contributed by atoms with Gasteiger partial charge in [-0.3, -0.25) is 0 Å². The van der Waals surface area contributed by atoms with Crippen molar-refractivity contribution in [3.8, 4) is 11.8 Å². The lowest BCUT2D eigenvalue weighted by Crippen LogP contribution is -3.00. The Bertz CT molecular complexity index is 2280. The van der Waals surface area contributed by atoms with Crippen LogP contribution in [0.5, 0.6) is 0 Å². The molecule has 6 heterocycles. The first-order valence-corrected chi connectivity index (χ1v) is 19.3. The highest BCUT2D eigenvalue weighted by atomic mass is 127. The number of aromatic amines is 3. The summed E-state index contributed by atoms with van der Waals surface area (Å²) in [5, 5.41) is 3.51. The van der Waals surface area contributed by atoms with E-state index in [0.717, 1.165) is 61.6 Å². The van der Waals surface area contributed by atoms with Crippen LogP contribution in [0, 0.1) is 19.2 Å². The largest absolute Gasteiger partial charge is 1.00 e. The third kappa shape index (κ3) is 14.1. The number of hydrogen-bond acceptors (Lipinski definition) is 6. The van der Waals surface area contributed by atoms with Gasteiger partial charge >= 0.3 is 0 Å². The molecule has 0 saturated heterocycles. The standard InChI is InChI=1S/C21H23FN4.C10H12IN3.C7H5IN2.C3H8N.HI/c1-25(2)15-19-18-5-4-13-23-21(18)24-20(19)11-8-16-6-9-17(10-7-16)26(3)14-12-22;1-14(2)6-8-7-4-3-5-12-10(7)13-9(8)11;8-6-4-5-2-1-3-9-7(5)10-6;1-4(2)3;/h4-7,9-10,13H,12,14-15H2,1-3H3,(H,23,24);3-5H,6H2,1-2H3,(H,12,13);1-4H,(H,9,10);1H2,2-3H3;1H/q;;;+1;/p-1. The van der Waals surface area contributed by atoms with Crippen LogP contribution in [0.4, 0.5) is 10.1 Å². The van der Waals surface area contributed by atoms with Crippen molar-refractivity contribution in [1.29, 1.82) is 0 Å². The van der Waals surface area contributed by atoms with Gasteiger partial charge in [-0.2, -0.15) is 0 Å². The zero-order valence-electron chi connectivity index (χ0n) is 32.3. The fourth-order valence-corrected chi connectivity index (χ4v) is 6.60. The SMILES string of the molecule is C=[N+](C)C.CN(C)Cc1c(C#Cc2ccc(N(C)CCF)cc2)[nH]c2ncccc12.CN(C)Cc1c(I)[nH]c2ncccc12.Ic1cc2cccnc2[nH]1.[I-]. The molecular formula is C41H48FI3N10. The molecule has 7 rings (SSSR count). The number of aromatic nitrogens is 6. The number of halogens is 4. The molecule has 290 valence electrons. The van der Waals surface area contributed by atoms with E-state index in [2.05, 4.69) is 136 Å². The second-order valence-corrected chi connectivity index (χ2v) is 15.5. The molecule has 0 amide bonds. The fourth-order valence-electron chi connectivity index (χ4n) is 5.30. The van der Waals surface area contributed by atoms with Gasteiger partial charge < -0.3 is 53.6 Å². The van der Waals surface area contributed by atoms with Gasteiger partial charge in [-0.15, -0.1) is 0 Å². The van der Waals surface area contributed by atoms with Gasteiger partial charge in [-0.05, 0) is 146 Å². The Kier molecular flexibility index (Phi) is 19.0. The Morgan fingerprint density at radius 3 is 1.82 bits per heavy atom. The molecule has 0 unspecified atom stereocenters. The number of alkyl halides is 1. The van der Waals surface area contributed by atoms with E-state index in [1.54, 1.807) is 17.0 Å². The molecule has 10 nitrogen and oxygen atoms in total. The molecule has 0 aliphatic rings. The average Bonchev–Trinajstić information content (AvgIpc) is 3.79. The number of anilines is 1. The third-order valence-corrected chi connectivity index (χ3v) is 9.17. The van der Waals surface area contributed by atoms with Crippen molar-refractivity contribution in [2.24, 2.45) is 0 Å². The van der Waals surface area contributed by atoms with Gasteiger partial charge in [-0.1, -0.05) is 5.92 Å². The normalized spacial score (nSPS) is 10.4. The maximum Gasteiger partial charge on any atom is 0.138 e. The zero-order valence-corrected chi connectivity index (χ0v) is 38.7. The Balaban J connectivity index is 0.000000233. The average molecular weight is 1080 g/mol. The van der Waals surface area contributed by atoms with E-state index in [1.165, 1.54) is 20.0 Å². The van der Waals surface area contributed by atoms with Crippen LogP contribution < -0.4 is 28.9 Å². The van der Waals surface area contributed by atoms with Gasteiger partial charge in [0, 0.05) is 83.8 Å². The molecule has 55 heavy (non-hydrogen) atoms. The molecule has 0 aliphatic heterocycles. The van der Waals surface area contributed by atoms with Crippen molar-refractivity contribution in [2.45, 2.75) is 13.1 Å². The predicted molar refractivity (Wildman–Crippen MR) is 239 cm³/mol. The summed E-state index contributed by atoms with van der Waals surface area (Å²) >= 11 is 4.56. The first-order valence-electron chi connectivity index (χ1n) is 17.2. The third-order valence-electron chi connectivity index (χ3n) is 7.67. The lowest BCUT2D eigenvalue weighted by Gasteiger charge is -2.16. The number of fused-ring (bicyclic) bond motifs is 3. The molecule has 0 radical (unpaired) electrons. The maximum atomic E-state index is 12.5. The van der Waals surface area contributed by atoms with Gasteiger partial charge in [0.1, 0.15) is 44.4 Å². The summed E-state index contributed by atoms with van der Waals surface area (Å²) in [6.07, 6.45) is 5.38. The van der Waals surface area contributed by atoms with Crippen molar-refractivity contribution in [3.63, 3.8) is 0 Å². The van der Waals surface area contributed by atoms with Gasteiger partial charge in [0.25, 0.3) is 0 Å². The van der Waals surface area contributed by atoms with E-state index in [0.29, 0.717) is 6.54 Å². The Morgan fingerprint density at radius 2 is 1.25 bits per heavy atom. The lowest BCUT2D eigenvalue weighted by atomic mass is 10.1. The van der Waals surface area contributed by atoms with Crippen molar-refractivity contribution >= 4 is 90.7 Å². The molecule has 0 atom stereocenters. The molecule has 0 aliphatic carbocycles. The second kappa shape index (κ2) is 22.8. The van der Waals surface area contributed by atoms with Gasteiger partial charge in [0.05, 0.1) is 13.1 Å². The zero-order chi connectivity index (χ0) is 39.2. The maximum absolute atomic E-state index is 12.5. The van der Waals surface area contributed by atoms with Crippen LogP contribution in [0.2, 0.25) is 0 Å². The highest BCUT2D eigenvalue weighted by Crippen LogP contribution is 2.23. The molecule has 0 bridgehead atoms. The van der Waals surface area contributed by atoms with E-state index >= 15 is 0 Å². The van der Waals surface area contributed by atoms with Crippen LogP contribution in [0.25, 0.3) is 33.1 Å². The Morgan fingerprint density at radius 1 is 0.727 bits per heavy atom. The molecule has 7 aromatic rings. The Hall–Kier alpha value is -3.64. The van der Waals surface area contributed by atoms with Gasteiger partial charge in [-0.25, -0.2) is 23.9 Å². The van der Waals surface area contributed by atoms with E-state index in [-0.39, 0.29) is 30.7 Å². The van der Waals surface area contributed by atoms with Crippen LogP contribution in [0.1, 0.15) is 22.4 Å². The minimum absolute atomic E-state index is 0. The van der Waals surface area contributed by atoms with Gasteiger partial charge in [0.15, 0.2) is 0 Å². The summed E-state index contributed by atoms with van der Waals surface area (Å²) in [7, 11) is 13.9. The monoisotopic (exact) mass is 1080 g/mol. The van der Waals surface area contributed by atoms with Crippen molar-refractivity contribution in [2.75, 3.05) is 67.5 Å². The van der Waals surface area contributed by atoms with Crippen LogP contribution in [-0.2, 0) is 13.1 Å². The van der Waals surface area contributed by atoms with E-state index in [4.69, 9.17) is 0 Å². The summed E-state index contributed by atoms with van der Waals surface area (Å²) in [5.41, 5.74) is 8.09. The highest BCUT2D eigenvalue weighted by Gasteiger charge is 2.12. The van der Waals surface area contributed by atoms with E-state index < -0.39 is 0 Å². The Labute approximate surface area is 367 Å². The summed E-state index contributed by atoms with van der Waals surface area (Å²) in [4.78, 5) is 28.7.